The maximum absolute atomic E-state index is 5.59. The molecule has 3 unspecified atom stereocenters. The van der Waals surface area contributed by atoms with Gasteiger partial charge in [-0.3, -0.25) is 0 Å². The molecule has 0 aromatic carbocycles. The minimum Gasteiger partial charge on any atom is -0.377 e. The molecule has 0 N–H and O–H groups in total. The first-order chi connectivity index (χ1) is 4.64. The van der Waals surface area contributed by atoms with Gasteiger partial charge in [-0.05, 0) is 6.42 Å². The van der Waals surface area contributed by atoms with Gasteiger partial charge in [0.1, 0.15) is 0 Å². The fourth-order valence-corrected chi connectivity index (χ4v) is 2.75. The van der Waals surface area contributed by atoms with Crippen LogP contribution in [-0.2, 0) is 4.74 Å². The molecule has 58 valence electrons. The van der Waals surface area contributed by atoms with Crippen LogP contribution in [0.25, 0.3) is 0 Å². The highest BCUT2D eigenvalue weighted by atomic mass is 32.1. The second-order valence-electron chi connectivity index (χ2n) is 4.01. The van der Waals surface area contributed by atoms with Crippen LogP contribution in [0.15, 0.2) is 0 Å². The number of ether oxygens (including phenoxy) is 1. The second kappa shape index (κ2) is 1.92. The molecule has 0 radical (unpaired) electrons. The molecule has 0 aromatic heterocycles. The fourth-order valence-electron chi connectivity index (χ4n) is 2.30. The van der Waals surface area contributed by atoms with Crippen LogP contribution in [0.5, 0.6) is 0 Å². The molecular formula is C8H14OS. The first-order valence-electron chi connectivity index (χ1n) is 3.93. The van der Waals surface area contributed by atoms with Gasteiger partial charge in [0.05, 0.1) is 6.10 Å². The lowest BCUT2D eigenvalue weighted by molar-refractivity contribution is -0.0723. The summed E-state index contributed by atoms with van der Waals surface area (Å²) in [4.78, 5) is 0. The highest BCUT2D eigenvalue weighted by Crippen LogP contribution is 2.54. The standard InChI is InChI=1S/C8H14OS/c1-8(2)6-5(7(8)10)3-4-9-6/h5-7,10H,3-4H2,1-2H3. The van der Waals surface area contributed by atoms with Gasteiger partial charge >= 0.3 is 0 Å². The Balaban J connectivity index is 2.15. The molecule has 2 rings (SSSR count). The van der Waals surface area contributed by atoms with Crippen molar-refractivity contribution in [2.24, 2.45) is 11.3 Å². The van der Waals surface area contributed by atoms with Crippen molar-refractivity contribution >= 4 is 12.6 Å². The summed E-state index contributed by atoms with van der Waals surface area (Å²) in [5.41, 5.74) is 0.324. The third kappa shape index (κ3) is 0.641. The zero-order valence-electron chi connectivity index (χ0n) is 6.50. The van der Waals surface area contributed by atoms with E-state index < -0.39 is 0 Å². The van der Waals surface area contributed by atoms with E-state index in [2.05, 4.69) is 26.5 Å². The molecule has 0 bridgehead atoms. The molecular weight excluding hydrogens is 144 g/mol. The predicted molar refractivity (Wildman–Crippen MR) is 44.4 cm³/mol. The molecule has 3 atom stereocenters. The van der Waals surface area contributed by atoms with Gasteiger partial charge in [-0.1, -0.05) is 13.8 Å². The molecule has 1 saturated carbocycles. The van der Waals surface area contributed by atoms with Crippen molar-refractivity contribution in [2.45, 2.75) is 31.6 Å². The van der Waals surface area contributed by atoms with E-state index in [1.807, 2.05) is 0 Å². The van der Waals surface area contributed by atoms with Gasteiger partial charge in [-0.15, -0.1) is 0 Å². The van der Waals surface area contributed by atoms with Crippen molar-refractivity contribution < 1.29 is 4.74 Å². The summed E-state index contributed by atoms with van der Waals surface area (Å²) >= 11 is 4.56. The van der Waals surface area contributed by atoms with Gasteiger partial charge in [0.2, 0.25) is 0 Å². The van der Waals surface area contributed by atoms with E-state index in [1.165, 1.54) is 6.42 Å². The molecule has 1 aliphatic carbocycles. The third-order valence-electron chi connectivity index (χ3n) is 3.04. The van der Waals surface area contributed by atoms with E-state index in [9.17, 15) is 0 Å². The molecule has 2 heteroatoms. The van der Waals surface area contributed by atoms with Crippen LogP contribution in [-0.4, -0.2) is 18.0 Å². The number of hydrogen-bond acceptors (Lipinski definition) is 2. The van der Waals surface area contributed by atoms with E-state index in [1.54, 1.807) is 0 Å². The Morgan fingerprint density at radius 1 is 1.50 bits per heavy atom. The first kappa shape index (κ1) is 6.99. The van der Waals surface area contributed by atoms with E-state index in [4.69, 9.17) is 4.74 Å². The highest BCUT2D eigenvalue weighted by molar-refractivity contribution is 7.81. The topological polar surface area (TPSA) is 9.23 Å². The normalized spacial score (nSPS) is 50.1. The minimum atomic E-state index is 0.324. The summed E-state index contributed by atoms with van der Waals surface area (Å²) in [6.07, 6.45) is 1.73. The molecule has 1 saturated heterocycles. The predicted octanol–water partition coefficient (Wildman–Crippen LogP) is 1.73. The SMILES string of the molecule is CC1(C)C(S)C2CCOC21. The molecule has 2 aliphatic rings. The van der Waals surface area contributed by atoms with Crippen molar-refractivity contribution in [1.29, 1.82) is 0 Å². The number of fused-ring (bicyclic) bond motifs is 1. The molecule has 2 fully saturated rings. The monoisotopic (exact) mass is 158 g/mol. The Labute approximate surface area is 67.6 Å². The van der Waals surface area contributed by atoms with Crippen molar-refractivity contribution in [2.75, 3.05) is 6.61 Å². The summed E-state index contributed by atoms with van der Waals surface area (Å²) < 4.78 is 5.59. The minimum absolute atomic E-state index is 0.324. The second-order valence-corrected chi connectivity index (χ2v) is 4.57. The Morgan fingerprint density at radius 2 is 2.20 bits per heavy atom. The van der Waals surface area contributed by atoms with Crippen LogP contribution < -0.4 is 0 Å². The van der Waals surface area contributed by atoms with Gasteiger partial charge < -0.3 is 4.74 Å². The molecule has 0 amide bonds. The van der Waals surface area contributed by atoms with Crippen molar-refractivity contribution in [1.82, 2.24) is 0 Å². The number of hydrogen-bond donors (Lipinski definition) is 1. The lowest BCUT2D eigenvalue weighted by Gasteiger charge is -2.52. The number of rotatable bonds is 0. The summed E-state index contributed by atoms with van der Waals surface area (Å²) in [5.74, 6) is 0.748. The number of thiol groups is 1. The van der Waals surface area contributed by atoms with E-state index in [0.29, 0.717) is 16.8 Å². The van der Waals surface area contributed by atoms with Crippen LogP contribution in [0.4, 0.5) is 0 Å². The zero-order chi connectivity index (χ0) is 7.35. The molecule has 10 heavy (non-hydrogen) atoms. The largest absolute Gasteiger partial charge is 0.377 e. The molecule has 0 spiro atoms. The van der Waals surface area contributed by atoms with Gasteiger partial charge in [0, 0.05) is 23.2 Å². The van der Waals surface area contributed by atoms with Crippen LogP contribution in [0.3, 0.4) is 0 Å². The third-order valence-corrected chi connectivity index (χ3v) is 4.09. The van der Waals surface area contributed by atoms with E-state index in [-0.39, 0.29) is 0 Å². The molecule has 1 nitrogen and oxygen atoms in total. The molecule has 0 aromatic rings. The maximum Gasteiger partial charge on any atom is 0.0676 e. The van der Waals surface area contributed by atoms with Gasteiger partial charge in [-0.2, -0.15) is 12.6 Å². The Bertz CT molecular complexity index is 155. The van der Waals surface area contributed by atoms with Gasteiger partial charge in [0.15, 0.2) is 0 Å². The lowest BCUT2D eigenvalue weighted by Crippen LogP contribution is -2.57. The lowest BCUT2D eigenvalue weighted by atomic mass is 9.61. The van der Waals surface area contributed by atoms with Crippen molar-refractivity contribution in [3.63, 3.8) is 0 Å². The Kier molecular flexibility index (Phi) is 1.34. The average molecular weight is 158 g/mol. The molecule has 1 aliphatic heterocycles. The Morgan fingerprint density at radius 3 is 2.80 bits per heavy atom. The fraction of sp³-hybridized carbons (Fsp3) is 1.00. The summed E-state index contributed by atoms with van der Waals surface area (Å²) in [7, 11) is 0. The van der Waals surface area contributed by atoms with Crippen molar-refractivity contribution in [3.05, 3.63) is 0 Å². The summed E-state index contributed by atoms with van der Waals surface area (Å²) in [6.45, 7) is 5.45. The van der Waals surface area contributed by atoms with E-state index >= 15 is 0 Å². The maximum atomic E-state index is 5.59. The zero-order valence-corrected chi connectivity index (χ0v) is 7.40. The average Bonchev–Trinajstić information content (AvgIpc) is 2.31. The molecule has 1 heterocycles. The Hall–Kier alpha value is 0.310. The first-order valence-corrected chi connectivity index (χ1v) is 4.45. The van der Waals surface area contributed by atoms with Crippen LogP contribution in [0.2, 0.25) is 0 Å². The van der Waals surface area contributed by atoms with Crippen LogP contribution in [0, 0.1) is 11.3 Å². The smallest absolute Gasteiger partial charge is 0.0676 e. The quantitative estimate of drug-likeness (QED) is 0.528. The summed E-state index contributed by atoms with van der Waals surface area (Å²) in [6, 6.07) is 0. The van der Waals surface area contributed by atoms with E-state index in [0.717, 1.165) is 12.5 Å². The van der Waals surface area contributed by atoms with Crippen LogP contribution >= 0.6 is 12.6 Å². The van der Waals surface area contributed by atoms with Gasteiger partial charge in [0.25, 0.3) is 0 Å². The van der Waals surface area contributed by atoms with Crippen LogP contribution in [0.1, 0.15) is 20.3 Å². The summed E-state index contributed by atoms with van der Waals surface area (Å²) in [5, 5.41) is 0.569. The van der Waals surface area contributed by atoms with Gasteiger partial charge in [-0.25, -0.2) is 0 Å². The van der Waals surface area contributed by atoms with Crippen molar-refractivity contribution in [3.8, 4) is 0 Å². The highest BCUT2D eigenvalue weighted by Gasteiger charge is 2.57.